The van der Waals surface area contributed by atoms with E-state index in [2.05, 4.69) is 37.8 Å². The third kappa shape index (κ3) is 6.94. The van der Waals surface area contributed by atoms with E-state index in [0.717, 1.165) is 5.56 Å². The van der Waals surface area contributed by atoms with Crippen molar-refractivity contribution in [2.24, 2.45) is 0 Å². The summed E-state index contributed by atoms with van der Waals surface area (Å²) < 4.78 is 7.10. The Labute approximate surface area is 162 Å². The van der Waals surface area contributed by atoms with Gasteiger partial charge in [-0.2, -0.15) is 0 Å². The van der Waals surface area contributed by atoms with Gasteiger partial charge >= 0.3 is 0 Å². The monoisotopic (exact) mass is 384 g/mol. The van der Waals surface area contributed by atoms with E-state index in [0.29, 0.717) is 12.4 Å². The van der Waals surface area contributed by atoms with Crippen LogP contribution in [0.25, 0.3) is 6.08 Å². The topological polar surface area (TPSA) is 26.3 Å². The van der Waals surface area contributed by atoms with Crippen LogP contribution >= 0.6 is 11.8 Å². The molecule has 4 heteroatoms. The number of thioether (sulfide) groups is 1. The summed E-state index contributed by atoms with van der Waals surface area (Å²) in [4.78, 5) is 12.5. The Morgan fingerprint density at radius 3 is 2.19 bits per heavy atom. The summed E-state index contributed by atoms with van der Waals surface area (Å²) >= 11 is 1.67. The van der Waals surface area contributed by atoms with Gasteiger partial charge in [-0.1, -0.05) is 80.3 Å². The highest BCUT2D eigenvalue weighted by atomic mass is 32.2. The van der Waals surface area contributed by atoms with Gasteiger partial charge in [-0.15, -0.1) is 11.8 Å². The van der Waals surface area contributed by atoms with E-state index in [1.807, 2.05) is 55.5 Å². The lowest BCUT2D eigenvalue weighted by molar-refractivity contribution is -0.127. The van der Waals surface area contributed by atoms with Crippen molar-refractivity contribution in [2.45, 2.75) is 39.3 Å². The number of rotatable bonds is 9. The summed E-state index contributed by atoms with van der Waals surface area (Å²) in [5.41, 5.74) is 2.28. The number of Topliss-reactive ketones (excluding diaryl/α,β-unsaturated/α-hetero) is 1. The molecule has 0 amide bonds. The van der Waals surface area contributed by atoms with E-state index in [4.69, 9.17) is 4.74 Å². The van der Waals surface area contributed by atoms with Gasteiger partial charge in [-0.05, 0) is 28.7 Å². The van der Waals surface area contributed by atoms with E-state index in [9.17, 15) is 4.79 Å². The zero-order valence-electron chi connectivity index (χ0n) is 16.1. The van der Waals surface area contributed by atoms with Crippen molar-refractivity contribution in [3.8, 4) is 0 Å². The predicted octanol–water partition coefficient (Wildman–Crippen LogP) is 5.81. The van der Waals surface area contributed by atoms with Crippen molar-refractivity contribution >= 4 is 31.7 Å². The molecule has 0 N–H and O–H groups in total. The van der Waals surface area contributed by atoms with Gasteiger partial charge in [0.05, 0.1) is 20.4 Å². The molecule has 2 rings (SSSR count). The van der Waals surface area contributed by atoms with E-state index < -0.39 is 8.07 Å². The van der Waals surface area contributed by atoms with E-state index >= 15 is 0 Å². The van der Waals surface area contributed by atoms with Crippen LogP contribution in [0.15, 0.2) is 65.2 Å². The van der Waals surface area contributed by atoms with Crippen LogP contribution in [0.2, 0.25) is 19.6 Å². The minimum Gasteiger partial charge on any atom is -0.366 e. The number of carbonyl (C=O) groups is 1. The molecule has 0 radical (unpaired) electrons. The first-order chi connectivity index (χ1) is 12.4. The Hall–Kier alpha value is -1.62. The van der Waals surface area contributed by atoms with E-state index in [1.54, 1.807) is 11.8 Å². The molecule has 0 saturated heterocycles. The molecule has 1 atom stereocenters. The predicted molar refractivity (Wildman–Crippen MR) is 116 cm³/mol. The maximum atomic E-state index is 12.5. The minimum absolute atomic E-state index is 0.142. The molecule has 2 aromatic carbocycles. The van der Waals surface area contributed by atoms with Crippen molar-refractivity contribution in [3.63, 3.8) is 0 Å². The molecule has 2 aromatic rings. The van der Waals surface area contributed by atoms with Gasteiger partial charge in [0.1, 0.15) is 6.10 Å². The quantitative estimate of drug-likeness (QED) is 0.510. The second kappa shape index (κ2) is 9.90. The fraction of sp³-hybridized carbons (Fsp3) is 0.318. The van der Waals surface area contributed by atoms with Crippen LogP contribution in [0.5, 0.6) is 0 Å². The molecule has 138 valence electrons. The Kier molecular flexibility index (Phi) is 7.88. The van der Waals surface area contributed by atoms with Crippen molar-refractivity contribution in [1.29, 1.82) is 0 Å². The highest BCUT2D eigenvalue weighted by molar-refractivity contribution is 8.06. The molecule has 0 unspecified atom stereocenters. The molecular weight excluding hydrogens is 356 g/mol. The highest BCUT2D eigenvalue weighted by Gasteiger charge is 2.22. The van der Waals surface area contributed by atoms with Crippen molar-refractivity contribution in [1.82, 2.24) is 0 Å². The largest absolute Gasteiger partial charge is 0.366 e. The van der Waals surface area contributed by atoms with Crippen LogP contribution < -0.4 is 0 Å². The summed E-state index contributed by atoms with van der Waals surface area (Å²) in [6.45, 7) is 9.26. The molecular formula is C22H28O2SSi. The third-order valence-electron chi connectivity index (χ3n) is 4.00. The second-order valence-electron chi connectivity index (χ2n) is 7.36. The van der Waals surface area contributed by atoms with Crippen LogP contribution in [-0.2, 0) is 16.1 Å². The first-order valence-electron chi connectivity index (χ1n) is 8.94. The van der Waals surface area contributed by atoms with E-state index in [-0.39, 0.29) is 11.9 Å². The van der Waals surface area contributed by atoms with Crippen LogP contribution in [0.3, 0.4) is 0 Å². The van der Waals surface area contributed by atoms with E-state index in [1.165, 1.54) is 10.1 Å². The molecule has 0 aliphatic heterocycles. The van der Waals surface area contributed by atoms with Crippen molar-refractivity contribution < 1.29 is 9.53 Å². The molecule has 26 heavy (non-hydrogen) atoms. The number of ketones is 1. The third-order valence-corrected chi connectivity index (χ3v) is 8.75. The molecule has 0 aliphatic rings. The van der Waals surface area contributed by atoms with Gasteiger partial charge in [0.15, 0.2) is 5.78 Å². The molecule has 0 aromatic heterocycles. The Morgan fingerprint density at radius 2 is 1.62 bits per heavy atom. The van der Waals surface area contributed by atoms with Gasteiger partial charge in [0.2, 0.25) is 0 Å². The van der Waals surface area contributed by atoms with Gasteiger partial charge < -0.3 is 4.74 Å². The van der Waals surface area contributed by atoms with Crippen LogP contribution in [0.1, 0.15) is 18.1 Å². The zero-order chi connectivity index (χ0) is 19.0. The lowest BCUT2D eigenvalue weighted by Gasteiger charge is -2.21. The number of hydrogen-bond acceptors (Lipinski definition) is 3. The smallest absolute Gasteiger partial charge is 0.171 e. The maximum absolute atomic E-state index is 12.5. The van der Waals surface area contributed by atoms with Crippen LogP contribution in [0, 0.1) is 0 Å². The van der Waals surface area contributed by atoms with Crippen LogP contribution in [-0.4, -0.2) is 25.7 Å². The Bertz CT molecular complexity index is 721. The molecule has 0 aliphatic carbocycles. The SMILES string of the molecule is C[C@H](OCc1ccccc1)C(=O)CS/C(=C\c1ccccc1)[Si](C)(C)C. The Balaban J connectivity index is 1.93. The summed E-state index contributed by atoms with van der Waals surface area (Å²) in [5.74, 6) is 0.599. The number of ether oxygens (including phenoxy) is 1. The average molecular weight is 385 g/mol. The molecule has 0 heterocycles. The van der Waals surface area contributed by atoms with Crippen molar-refractivity contribution in [2.75, 3.05) is 5.75 Å². The fourth-order valence-electron chi connectivity index (χ4n) is 2.33. The molecule has 2 nitrogen and oxygen atoms in total. The normalized spacial score (nSPS) is 13.5. The first kappa shape index (κ1) is 20.7. The fourth-order valence-corrected chi connectivity index (χ4v) is 5.63. The highest BCUT2D eigenvalue weighted by Crippen LogP contribution is 2.29. The van der Waals surface area contributed by atoms with Gasteiger partial charge in [-0.25, -0.2) is 0 Å². The van der Waals surface area contributed by atoms with Gasteiger partial charge in [0, 0.05) is 0 Å². The summed E-state index contributed by atoms with van der Waals surface area (Å²) in [7, 11) is -1.51. The van der Waals surface area contributed by atoms with Crippen molar-refractivity contribution in [3.05, 3.63) is 76.3 Å². The Morgan fingerprint density at radius 1 is 1.04 bits per heavy atom. The average Bonchev–Trinajstić information content (AvgIpc) is 2.63. The number of hydrogen-bond donors (Lipinski definition) is 0. The summed E-state index contributed by atoms with van der Waals surface area (Å²) in [5, 5.41) is 0. The molecule has 0 spiro atoms. The van der Waals surface area contributed by atoms with Gasteiger partial charge in [-0.3, -0.25) is 4.79 Å². The lowest BCUT2D eigenvalue weighted by atomic mass is 10.2. The standard InChI is InChI=1S/C22H28O2SSi/c1-18(24-16-20-13-9-6-10-14-20)21(23)17-25-22(26(2,3)4)15-19-11-7-5-8-12-19/h5-15,18H,16-17H2,1-4H3/b22-15+/t18-/m0/s1. The lowest BCUT2D eigenvalue weighted by Crippen LogP contribution is -2.26. The summed E-state index contributed by atoms with van der Waals surface area (Å²) in [6.07, 6.45) is 1.85. The zero-order valence-corrected chi connectivity index (χ0v) is 17.9. The van der Waals surface area contributed by atoms with Crippen LogP contribution in [0.4, 0.5) is 0 Å². The minimum atomic E-state index is -1.51. The molecule has 0 saturated carbocycles. The molecule has 0 fully saturated rings. The number of benzene rings is 2. The molecule has 0 bridgehead atoms. The number of carbonyl (C=O) groups excluding carboxylic acids is 1. The first-order valence-corrected chi connectivity index (χ1v) is 13.4. The second-order valence-corrected chi connectivity index (χ2v) is 13.8. The van der Waals surface area contributed by atoms with Gasteiger partial charge in [0.25, 0.3) is 0 Å². The maximum Gasteiger partial charge on any atom is 0.171 e. The summed E-state index contributed by atoms with van der Waals surface area (Å²) in [6, 6.07) is 20.3.